The van der Waals surface area contributed by atoms with Crippen molar-refractivity contribution in [1.29, 1.82) is 0 Å². The summed E-state index contributed by atoms with van der Waals surface area (Å²) in [5.74, 6) is 1.19. The Labute approximate surface area is 158 Å². The van der Waals surface area contributed by atoms with Crippen LogP contribution in [0.3, 0.4) is 0 Å². The van der Waals surface area contributed by atoms with Gasteiger partial charge in [-0.15, -0.1) is 10.2 Å². The first-order valence-corrected chi connectivity index (χ1v) is 9.64. The molecule has 0 aromatic carbocycles. The lowest BCUT2D eigenvalue weighted by molar-refractivity contribution is -0.130. The van der Waals surface area contributed by atoms with E-state index in [1.54, 1.807) is 0 Å². The second-order valence-electron chi connectivity index (χ2n) is 7.89. The first kappa shape index (κ1) is 17.8. The maximum atomic E-state index is 12.7. The van der Waals surface area contributed by atoms with Crippen molar-refractivity contribution in [3.63, 3.8) is 0 Å². The maximum absolute atomic E-state index is 12.7. The van der Waals surface area contributed by atoms with Crippen molar-refractivity contribution in [2.45, 2.75) is 57.5 Å². The van der Waals surface area contributed by atoms with Crippen LogP contribution in [0.1, 0.15) is 55.2 Å². The zero-order chi connectivity index (χ0) is 19.0. The standard InChI is InChI=1S/C19H26N6O2/c1-13(2)21-18(27)17-23-22-15-7-8-19(25(15)17)9-11-24(12-19)16(26)6-5-14-4-3-10-20-14/h3-4,10,13,20H,5-9,11-12H2,1-2H3,(H,21,27). The Morgan fingerprint density at radius 2 is 2.19 bits per heavy atom. The van der Waals surface area contributed by atoms with E-state index < -0.39 is 0 Å². The van der Waals surface area contributed by atoms with E-state index >= 15 is 0 Å². The molecule has 1 unspecified atom stereocenters. The summed E-state index contributed by atoms with van der Waals surface area (Å²) >= 11 is 0. The molecule has 8 heteroatoms. The molecule has 2 aromatic rings. The highest BCUT2D eigenvalue weighted by atomic mass is 16.2. The molecule has 2 aromatic heterocycles. The lowest BCUT2D eigenvalue weighted by Gasteiger charge is -2.27. The fraction of sp³-hybridized carbons (Fsp3) is 0.579. The first-order valence-electron chi connectivity index (χ1n) is 9.64. The average molecular weight is 370 g/mol. The SMILES string of the molecule is CC(C)NC(=O)c1nnc2n1C1(CC2)CCN(C(=O)CCc2ccc[nH]2)C1. The average Bonchev–Trinajstić information content (AvgIpc) is 3.40. The Kier molecular flexibility index (Phi) is 4.49. The molecule has 4 heterocycles. The van der Waals surface area contributed by atoms with Gasteiger partial charge < -0.3 is 15.2 Å². The van der Waals surface area contributed by atoms with Gasteiger partial charge in [-0.3, -0.25) is 14.2 Å². The third-order valence-electron chi connectivity index (χ3n) is 5.60. The number of nitrogens with zero attached hydrogens (tertiary/aromatic N) is 4. The Bertz CT molecular complexity index is 841. The number of nitrogens with one attached hydrogen (secondary N) is 2. The number of aromatic nitrogens is 4. The molecule has 0 saturated carbocycles. The van der Waals surface area contributed by atoms with Crippen molar-refractivity contribution >= 4 is 11.8 Å². The summed E-state index contributed by atoms with van der Waals surface area (Å²) < 4.78 is 2.00. The molecule has 1 fully saturated rings. The quantitative estimate of drug-likeness (QED) is 0.828. The van der Waals surface area contributed by atoms with Crippen molar-refractivity contribution in [1.82, 2.24) is 30.0 Å². The Morgan fingerprint density at radius 1 is 1.33 bits per heavy atom. The summed E-state index contributed by atoms with van der Waals surface area (Å²) in [5.41, 5.74) is 0.830. The highest BCUT2D eigenvalue weighted by molar-refractivity contribution is 5.91. The van der Waals surface area contributed by atoms with Crippen LogP contribution in [0, 0.1) is 0 Å². The van der Waals surface area contributed by atoms with Crippen molar-refractivity contribution in [3.8, 4) is 0 Å². The fourth-order valence-corrected chi connectivity index (χ4v) is 4.29. The minimum atomic E-state index is -0.245. The molecule has 0 bridgehead atoms. The van der Waals surface area contributed by atoms with E-state index in [1.807, 2.05) is 41.6 Å². The normalized spacial score (nSPS) is 21.2. The molecule has 1 spiro atoms. The molecule has 144 valence electrons. The van der Waals surface area contributed by atoms with Crippen LogP contribution in [-0.2, 0) is 23.2 Å². The Hall–Kier alpha value is -2.64. The van der Waals surface area contributed by atoms with Gasteiger partial charge in [-0.1, -0.05) is 0 Å². The van der Waals surface area contributed by atoms with Crippen molar-refractivity contribution in [3.05, 3.63) is 35.7 Å². The second-order valence-corrected chi connectivity index (χ2v) is 7.89. The molecule has 1 atom stereocenters. The van der Waals surface area contributed by atoms with Crippen molar-refractivity contribution < 1.29 is 9.59 Å². The molecule has 2 amide bonds. The summed E-state index contributed by atoms with van der Waals surface area (Å²) in [7, 11) is 0. The number of fused-ring (bicyclic) bond motifs is 2. The van der Waals surface area contributed by atoms with Gasteiger partial charge in [0.2, 0.25) is 11.7 Å². The number of carbonyl (C=O) groups is 2. The molecule has 4 rings (SSSR count). The van der Waals surface area contributed by atoms with Crippen LogP contribution in [0.5, 0.6) is 0 Å². The summed E-state index contributed by atoms with van der Waals surface area (Å²) in [6, 6.07) is 3.98. The highest BCUT2D eigenvalue weighted by Crippen LogP contribution is 2.40. The predicted octanol–water partition coefficient (Wildman–Crippen LogP) is 1.25. The van der Waals surface area contributed by atoms with Crippen molar-refractivity contribution in [2.24, 2.45) is 0 Å². The summed E-state index contributed by atoms with van der Waals surface area (Å²) in [6.07, 6.45) is 5.63. The van der Waals surface area contributed by atoms with E-state index in [9.17, 15) is 9.59 Å². The summed E-state index contributed by atoms with van der Waals surface area (Å²) in [6.45, 7) is 5.19. The highest BCUT2D eigenvalue weighted by Gasteiger charge is 2.48. The molecule has 0 radical (unpaired) electrons. The largest absolute Gasteiger partial charge is 0.365 e. The first-order chi connectivity index (χ1) is 13.0. The van der Waals surface area contributed by atoms with Crippen LogP contribution >= 0.6 is 0 Å². The fourth-order valence-electron chi connectivity index (χ4n) is 4.29. The van der Waals surface area contributed by atoms with Gasteiger partial charge in [-0.05, 0) is 45.2 Å². The number of H-pyrrole nitrogens is 1. The van der Waals surface area contributed by atoms with Crippen molar-refractivity contribution in [2.75, 3.05) is 13.1 Å². The lowest BCUT2D eigenvalue weighted by atomic mass is 9.95. The second kappa shape index (κ2) is 6.83. The van der Waals surface area contributed by atoms with Crippen LogP contribution in [0.2, 0.25) is 0 Å². The van der Waals surface area contributed by atoms with Gasteiger partial charge in [0.15, 0.2) is 0 Å². The number of hydrogen-bond donors (Lipinski definition) is 2. The van der Waals surface area contributed by atoms with Gasteiger partial charge in [-0.2, -0.15) is 0 Å². The molecule has 1 saturated heterocycles. The van der Waals surface area contributed by atoms with Crippen LogP contribution in [-0.4, -0.2) is 55.6 Å². The van der Waals surface area contributed by atoms with E-state index in [-0.39, 0.29) is 23.4 Å². The molecule has 2 N–H and O–H groups in total. The van der Waals surface area contributed by atoms with E-state index in [1.165, 1.54) is 0 Å². The molecule has 27 heavy (non-hydrogen) atoms. The number of amides is 2. The van der Waals surface area contributed by atoms with Gasteiger partial charge >= 0.3 is 0 Å². The van der Waals surface area contributed by atoms with Gasteiger partial charge in [0.25, 0.3) is 5.91 Å². The zero-order valence-corrected chi connectivity index (χ0v) is 15.9. The summed E-state index contributed by atoms with van der Waals surface area (Å²) in [5, 5.41) is 11.3. The van der Waals surface area contributed by atoms with Crippen LogP contribution in [0.4, 0.5) is 0 Å². The van der Waals surface area contributed by atoms with E-state index in [2.05, 4.69) is 20.5 Å². The topological polar surface area (TPSA) is 95.9 Å². The zero-order valence-electron chi connectivity index (χ0n) is 15.9. The Morgan fingerprint density at radius 3 is 2.93 bits per heavy atom. The smallest absolute Gasteiger partial charge is 0.289 e. The van der Waals surface area contributed by atoms with Crippen LogP contribution in [0.15, 0.2) is 18.3 Å². The minimum absolute atomic E-state index is 0.0393. The predicted molar refractivity (Wildman–Crippen MR) is 99.2 cm³/mol. The lowest BCUT2D eigenvalue weighted by Crippen LogP contribution is -2.40. The van der Waals surface area contributed by atoms with E-state index in [4.69, 9.17) is 0 Å². The van der Waals surface area contributed by atoms with Gasteiger partial charge in [0, 0.05) is 43.9 Å². The molecule has 8 nitrogen and oxygen atoms in total. The summed E-state index contributed by atoms with van der Waals surface area (Å²) in [4.78, 5) is 30.3. The molecular formula is C19H26N6O2. The number of hydrogen-bond acceptors (Lipinski definition) is 4. The van der Waals surface area contributed by atoms with Gasteiger partial charge in [0.1, 0.15) is 5.82 Å². The third-order valence-corrected chi connectivity index (χ3v) is 5.60. The number of aromatic amines is 1. The van der Waals surface area contributed by atoms with Crippen LogP contribution < -0.4 is 5.32 Å². The maximum Gasteiger partial charge on any atom is 0.289 e. The number of aryl methyl sites for hydroxylation is 2. The molecular weight excluding hydrogens is 344 g/mol. The minimum Gasteiger partial charge on any atom is -0.365 e. The van der Waals surface area contributed by atoms with E-state index in [0.717, 1.165) is 37.2 Å². The number of rotatable bonds is 5. The third kappa shape index (κ3) is 3.24. The number of likely N-dealkylation sites (tertiary alicyclic amines) is 1. The molecule has 2 aliphatic heterocycles. The van der Waals surface area contributed by atoms with Crippen LogP contribution in [0.25, 0.3) is 0 Å². The Balaban J connectivity index is 1.48. The molecule has 2 aliphatic rings. The van der Waals surface area contributed by atoms with Gasteiger partial charge in [-0.25, -0.2) is 0 Å². The number of carbonyl (C=O) groups excluding carboxylic acids is 2. The van der Waals surface area contributed by atoms with Gasteiger partial charge in [0.05, 0.1) is 5.54 Å². The molecule has 0 aliphatic carbocycles. The monoisotopic (exact) mass is 370 g/mol. The van der Waals surface area contributed by atoms with E-state index in [0.29, 0.717) is 25.3 Å².